The van der Waals surface area contributed by atoms with E-state index in [1.54, 1.807) is 0 Å². The molecule has 0 amide bonds. The molecule has 0 unspecified atom stereocenters. The first-order valence-corrected chi connectivity index (χ1v) is 7.09. The Bertz CT molecular complexity index is 424. The third-order valence-corrected chi connectivity index (χ3v) is 3.69. The molecule has 106 valence electrons. The number of rotatable bonds is 8. The number of hydrogen-bond acceptors (Lipinski definition) is 2. The Morgan fingerprint density at radius 1 is 1.21 bits per heavy atom. The van der Waals surface area contributed by atoms with Crippen LogP contribution < -0.4 is 0 Å². The molecule has 0 aliphatic rings. The van der Waals surface area contributed by atoms with Crippen molar-refractivity contribution < 1.29 is 9.90 Å². The summed E-state index contributed by atoms with van der Waals surface area (Å²) in [7, 11) is 1.95. The van der Waals surface area contributed by atoms with Crippen LogP contribution in [0, 0.1) is 0 Å². The van der Waals surface area contributed by atoms with E-state index >= 15 is 0 Å². The van der Waals surface area contributed by atoms with Crippen molar-refractivity contribution in [1.82, 2.24) is 4.90 Å². The van der Waals surface area contributed by atoms with E-state index in [1.807, 2.05) is 30.1 Å². The van der Waals surface area contributed by atoms with Crippen LogP contribution in [0.4, 0.5) is 0 Å². The summed E-state index contributed by atoms with van der Waals surface area (Å²) >= 11 is 11.8. The van der Waals surface area contributed by atoms with E-state index in [0.717, 1.165) is 25.8 Å². The molecule has 0 aliphatic heterocycles. The van der Waals surface area contributed by atoms with Gasteiger partial charge in [-0.25, -0.2) is 0 Å². The molecular weight excluding hydrogens is 285 g/mol. The third-order valence-electron chi connectivity index (χ3n) is 2.95. The lowest BCUT2D eigenvalue weighted by atomic mass is 10.1. The van der Waals surface area contributed by atoms with Crippen LogP contribution in [0.25, 0.3) is 0 Å². The largest absolute Gasteiger partial charge is 0.481 e. The molecule has 19 heavy (non-hydrogen) atoms. The van der Waals surface area contributed by atoms with Crippen LogP contribution in [0.2, 0.25) is 10.0 Å². The van der Waals surface area contributed by atoms with Crippen LogP contribution >= 0.6 is 23.2 Å². The van der Waals surface area contributed by atoms with Gasteiger partial charge in [0.25, 0.3) is 0 Å². The molecule has 0 heterocycles. The van der Waals surface area contributed by atoms with Gasteiger partial charge in [0.05, 0.1) is 16.5 Å². The van der Waals surface area contributed by atoms with Gasteiger partial charge in [0, 0.05) is 6.54 Å². The zero-order valence-corrected chi connectivity index (χ0v) is 12.5. The van der Waals surface area contributed by atoms with E-state index in [4.69, 9.17) is 28.3 Å². The molecule has 0 saturated heterocycles. The summed E-state index contributed by atoms with van der Waals surface area (Å²) in [5.41, 5.74) is 1.18. The first-order chi connectivity index (χ1) is 8.99. The molecule has 0 aliphatic carbocycles. The van der Waals surface area contributed by atoms with E-state index in [-0.39, 0.29) is 6.42 Å². The molecule has 3 nitrogen and oxygen atoms in total. The average Bonchev–Trinajstić information content (AvgIpc) is 2.36. The molecule has 1 N–H and O–H groups in total. The maximum Gasteiger partial charge on any atom is 0.304 e. The number of carboxylic acids is 1. The minimum Gasteiger partial charge on any atom is -0.481 e. The lowest BCUT2D eigenvalue weighted by Gasteiger charge is -2.14. The Labute approximate surface area is 124 Å². The number of hydrogen-bond donors (Lipinski definition) is 1. The van der Waals surface area contributed by atoms with Crippen molar-refractivity contribution in [2.75, 3.05) is 20.1 Å². The molecular formula is C14H19Cl2NO2. The first kappa shape index (κ1) is 16.3. The summed E-state index contributed by atoms with van der Waals surface area (Å²) in [6, 6.07) is 5.71. The normalized spacial score (nSPS) is 10.9. The van der Waals surface area contributed by atoms with Crippen LogP contribution in [-0.4, -0.2) is 36.1 Å². The fraction of sp³-hybridized carbons (Fsp3) is 0.500. The number of nitrogens with zero attached hydrogens (tertiary/aromatic N) is 1. The molecule has 0 saturated carbocycles. The summed E-state index contributed by atoms with van der Waals surface area (Å²) in [5.74, 6) is -0.748. The van der Waals surface area contributed by atoms with Crippen LogP contribution in [0.3, 0.4) is 0 Å². The highest BCUT2D eigenvalue weighted by atomic mass is 35.5. The van der Waals surface area contributed by atoms with Gasteiger partial charge in [-0.1, -0.05) is 29.3 Å². The number of halogens is 2. The van der Waals surface area contributed by atoms with Gasteiger partial charge >= 0.3 is 5.97 Å². The number of aryl methyl sites for hydroxylation is 1. The van der Waals surface area contributed by atoms with Gasteiger partial charge in [0.2, 0.25) is 0 Å². The van der Waals surface area contributed by atoms with Crippen molar-refractivity contribution in [1.29, 1.82) is 0 Å². The van der Waals surface area contributed by atoms with E-state index in [0.29, 0.717) is 16.6 Å². The van der Waals surface area contributed by atoms with Gasteiger partial charge in [-0.2, -0.15) is 0 Å². The molecule has 1 aromatic rings. The SMILES string of the molecule is CN(CCCCc1ccc(Cl)c(Cl)c1)CCC(=O)O. The van der Waals surface area contributed by atoms with Crippen LogP contribution in [0.1, 0.15) is 24.8 Å². The van der Waals surface area contributed by atoms with Crippen molar-refractivity contribution in [3.8, 4) is 0 Å². The van der Waals surface area contributed by atoms with Gasteiger partial charge < -0.3 is 10.0 Å². The number of carboxylic acid groups (broad SMARTS) is 1. The summed E-state index contributed by atoms with van der Waals surface area (Å²) in [6.07, 6.45) is 3.25. The molecule has 0 radical (unpaired) electrons. The van der Waals surface area contributed by atoms with Gasteiger partial charge in [0.15, 0.2) is 0 Å². The maximum atomic E-state index is 10.4. The highest BCUT2D eigenvalue weighted by Gasteiger charge is 2.03. The van der Waals surface area contributed by atoms with E-state index in [1.165, 1.54) is 5.56 Å². The second-order valence-corrected chi connectivity index (χ2v) is 5.47. The summed E-state index contributed by atoms with van der Waals surface area (Å²) in [5, 5.41) is 9.76. The van der Waals surface area contributed by atoms with Crippen molar-refractivity contribution in [3.05, 3.63) is 33.8 Å². The summed E-state index contributed by atoms with van der Waals surface area (Å²) in [4.78, 5) is 12.5. The van der Waals surface area contributed by atoms with Crippen molar-refractivity contribution in [2.24, 2.45) is 0 Å². The highest BCUT2D eigenvalue weighted by Crippen LogP contribution is 2.23. The Morgan fingerprint density at radius 3 is 2.58 bits per heavy atom. The predicted octanol–water partition coefficient (Wildman–Crippen LogP) is 3.72. The van der Waals surface area contributed by atoms with Gasteiger partial charge in [-0.05, 0) is 50.6 Å². The Kier molecular flexibility index (Phi) is 7.21. The second kappa shape index (κ2) is 8.41. The third kappa shape index (κ3) is 6.81. The Hall–Kier alpha value is -0.770. The summed E-state index contributed by atoms with van der Waals surface area (Å²) < 4.78 is 0. The van der Waals surface area contributed by atoms with Gasteiger partial charge in [-0.3, -0.25) is 4.79 Å². The predicted molar refractivity (Wildman–Crippen MR) is 79.1 cm³/mol. The minimum absolute atomic E-state index is 0.198. The lowest BCUT2D eigenvalue weighted by Crippen LogP contribution is -2.22. The van der Waals surface area contributed by atoms with E-state index in [2.05, 4.69) is 0 Å². The molecule has 1 aromatic carbocycles. The zero-order valence-electron chi connectivity index (χ0n) is 11.0. The van der Waals surface area contributed by atoms with Crippen molar-refractivity contribution in [3.63, 3.8) is 0 Å². The fourth-order valence-corrected chi connectivity index (χ4v) is 2.12. The van der Waals surface area contributed by atoms with Crippen LogP contribution in [0.5, 0.6) is 0 Å². The number of unbranched alkanes of at least 4 members (excludes halogenated alkanes) is 1. The molecule has 0 fully saturated rings. The second-order valence-electron chi connectivity index (χ2n) is 4.65. The molecule has 0 spiro atoms. The molecule has 0 aromatic heterocycles. The first-order valence-electron chi connectivity index (χ1n) is 6.33. The van der Waals surface area contributed by atoms with Gasteiger partial charge in [-0.15, -0.1) is 0 Å². The number of aliphatic carboxylic acids is 1. The molecule has 0 bridgehead atoms. The molecule has 5 heteroatoms. The Morgan fingerprint density at radius 2 is 1.95 bits per heavy atom. The zero-order chi connectivity index (χ0) is 14.3. The lowest BCUT2D eigenvalue weighted by molar-refractivity contribution is -0.137. The quantitative estimate of drug-likeness (QED) is 0.744. The van der Waals surface area contributed by atoms with E-state index < -0.39 is 5.97 Å². The fourth-order valence-electron chi connectivity index (χ4n) is 1.80. The standard InChI is InChI=1S/C14H19Cl2NO2/c1-17(9-7-14(18)19)8-3-2-4-11-5-6-12(15)13(16)10-11/h5-6,10H,2-4,7-9H2,1H3,(H,18,19). The molecule has 1 rings (SSSR count). The van der Waals surface area contributed by atoms with Gasteiger partial charge in [0.1, 0.15) is 0 Å². The highest BCUT2D eigenvalue weighted by molar-refractivity contribution is 6.42. The summed E-state index contributed by atoms with van der Waals surface area (Å²) in [6.45, 7) is 1.51. The van der Waals surface area contributed by atoms with Crippen molar-refractivity contribution >= 4 is 29.2 Å². The monoisotopic (exact) mass is 303 g/mol. The minimum atomic E-state index is -0.748. The van der Waals surface area contributed by atoms with Crippen molar-refractivity contribution in [2.45, 2.75) is 25.7 Å². The number of benzene rings is 1. The topological polar surface area (TPSA) is 40.5 Å². The van der Waals surface area contributed by atoms with Crippen LogP contribution in [-0.2, 0) is 11.2 Å². The average molecular weight is 304 g/mol. The molecule has 0 atom stereocenters. The van der Waals surface area contributed by atoms with Crippen LogP contribution in [0.15, 0.2) is 18.2 Å². The maximum absolute atomic E-state index is 10.4. The Balaban J connectivity index is 2.19. The number of carbonyl (C=O) groups is 1. The van der Waals surface area contributed by atoms with E-state index in [9.17, 15) is 4.79 Å². The smallest absolute Gasteiger partial charge is 0.304 e.